The highest BCUT2D eigenvalue weighted by Gasteiger charge is 2.13. The Bertz CT molecular complexity index is 965. The largest absolute Gasteiger partial charge is 0.383 e. The number of rotatable bonds is 7. The smallest absolute Gasteiger partial charge is 0.254 e. The highest BCUT2D eigenvalue weighted by Crippen LogP contribution is 2.20. The summed E-state index contributed by atoms with van der Waals surface area (Å²) in [6, 6.07) is 7.17. The van der Waals surface area contributed by atoms with Gasteiger partial charge in [0.05, 0.1) is 18.8 Å². The maximum atomic E-state index is 12.3. The highest BCUT2D eigenvalue weighted by molar-refractivity contribution is 5.98. The molecule has 27 heavy (non-hydrogen) atoms. The van der Waals surface area contributed by atoms with Gasteiger partial charge in [-0.3, -0.25) is 9.59 Å². The molecule has 1 atom stereocenters. The van der Waals surface area contributed by atoms with Crippen molar-refractivity contribution in [1.82, 2.24) is 19.9 Å². The van der Waals surface area contributed by atoms with E-state index in [-0.39, 0.29) is 17.5 Å². The topological polar surface area (TPSA) is 112 Å². The van der Waals surface area contributed by atoms with Crippen LogP contribution in [-0.2, 0) is 4.74 Å². The monoisotopic (exact) mass is 367 g/mol. The Kier molecular flexibility index (Phi) is 5.46. The van der Waals surface area contributed by atoms with Crippen molar-refractivity contribution in [3.8, 4) is 11.1 Å². The summed E-state index contributed by atoms with van der Waals surface area (Å²) in [6.45, 7) is 2.47. The minimum atomic E-state index is -0.570. The fraction of sp³-hybridized carbons (Fsp3) is 0.263. The number of ether oxygens (including phenoxy) is 1. The quantitative estimate of drug-likeness (QED) is 0.659. The first-order chi connectivity index (χ1) is 13.0. The van der Waals surface area contributed by atoms with Gasteiger partial charge in [-0.15, -0.1) is 0 Å². The number of hydrogen-bond acceptors (Lipinski definition) is 5. The number of fused-ring (bicyclic) bond motifs is 1. The summed E-state index contributed by atoms with van der Waals surface area (Å²) in [5, 5.41) is 7.06. The molecule has 0 fully saturated rings. The molecule has 0 aliphatic rings. The molecule has 0 radical (unpaired) electrons. The Morgan fingerprint density at radius 2 is 1.96 bits per heavy atom. The van der Waals surface area contributed by atoms with Crippen LogP contribution in [0.1, 0.15) is 34.1 Å². The minimum Gasteiger partial charge on any atom is -0.383 e. The molecular formula is C19H21N5O3. The zero-order valence-corrected chi connectivity index (χ0v) is 15.2. The molecule has 3 aromatic rings. The molecule has 2 aromatic heterocycles. The third-order valence-electron chi connectivity index (χ3n) is 4.30. The molecule has 3 rings (SSSR count). The number of nitrogens with two attached hydrogens (primary N) is 1. The van der Waals surface area contributed by atoms with E-state index >= 15 is 0 Å². The van der Waals surface area contributed by atoms with Gasteiger partial charge in [0.25, 0.3) is 11.8 Å². The van der Waals surface area contributed by atoms with Crippen LogP contribution in [0.15, 0.2) is 42.9 Å². The van der Waals surface area contributed by atoms with Gasteiger partial charge in [-0.25, -0.2) is 9.50 Å². The van der Waals surface area contributed by atoms with Crippen molar-refractivity contribution in [2.24, 2.45) is 5.73 Å². The molecule has 0 unspecified atom stereocenters. The standard InChI is InChI=1S/C19H21N5O3/c1-3-15(11-27-2)23-19(26)13-6-4-12(5-7-13)14-8-21-18-16(17(20)25)9-22-24(18)10-14/h4-10,15H,3,11H2,1-2H3,(H2,20,25)(H,23,26)/t15-/m0/s1. The second-order valence-corrected chi connectivity index (χ2v) is 6.14. The number of benzene rings is 1. The minimum absolute atomic E-state index is 0.0203. The van der Waals surface area contributed by atoms with Gasteiger partial charge in [-0.05, 0) is 24.1 Å². The Morgan fingerprint density at radius 1 is 1.22 bits per heavy atom. The predicted molar refractivity (Wildman–Crippen MR) is 100 cm³/mol. The van der Waals surface area contributed by atoms with Gasteiger partial charge < -0.3 is 15.8 Å². The SMILES string of the molecule is CC[C@@H](COC)NC(=O)c1ccc(-c2cnc3c(C(N)=O)cnn3c2)cc1. The number of carbonyl (C=O) groups excluding carboxylic acids is 2. The Hall–Kier alpha value is -3.26. The number of nitrogens with one attached hydrogen (secondary N) is 1. The lowest BCUT2D eigenvalue weighted by molar-refractivity contribution is 0.0894. The second kappa shape index (κ2) is 7.96. The average molecular weight is 367 g/mol. The molecule has 0 aliphatic heterocycles. The Morgan fingerprint density at radius 3 is 2.59 bits per heavy atom. The fourth-order valence-corrected chi connectivity index (χ4v) is 2.74. The summed E-state index contributed by atoms with van der Waals surface area (Å²) in [5.41, 5.74) is 8.23. The molecule has 140 valence electrons. The van der Waals surface area contributed by atoms with Crippen LogP contribution in [0.2, 0.25) is 0 Å². The molecular weight excluding hydrogens is 346 g/mol. The summed E-state index contributed by atoms with van der Waals surface area (Å²) in [4.78, 5) is 28.0. The molecule has 0 saturated carbocycles. The third kappa shape index (κ3) is 3.95. The van der Waals surface area contributed by atoms with E-state index in [0.29, 0.717) is 17.8 Å². The van der Waals surface area contributed by atoms with Gasteiger partial charge in [-0.2, -0.15) is 5.10 Å². The van der Waals surface area contributed by atoms with E-state index in [9.17, 15) is 9.59 Å². The highest BCUT2D eigenvalue weighted by atomic mass is 16.5. The number of hydrogen-bond donors (Lipinski definition) is 2. The first-order valence-electron chi connectivity index (χ1n) is 8.57. The van der Waals surface area contributed by atoms with Crippen LogP contribution in [0.4, 0.5) is 0 Å². The number of primary amides is 1. The maximum Gasteiger partial charge on any atom is 0.254 e. The molecule has 8 heteroatoms. The molecule has 1 aromatic carbocycles. The average Bonchev–Trinajstić information content (AvgIpc) is 3.11. The van der Waals surface area contributed by atoms with E-state index in [2.05, 4.69) is 15.4 Å². The molecule has 0 spiro atoms. The molecule has 2 amide bonds. The van der Waals surface area contributed by atoms with Crippen LogP contribution < -0.4 is 11.1 Å². The van der Waals surface area contributed by atoms with Gasteiger partial charge in [0.15, 0.2) is 5.65 Å². The van der Waals surface area contributed by atoms with Crippen LogP contribution in [0.3, 0.4) is 0 Å². The molecule has 8 nitrogen and oxygen atoms in total. The summed E-state index contributed by atoms with van der Waals surface area (Å²) in [7, 11) is 1.61. The van der Waals surface area contributed by atoms with Crippen LogP contribution in [0.5, 0.6) is 0 Å². The number of carbonyl (C=O) groups is 2. The Labute approximate surface area is 156 Å². The van der Waals surface area contributed by atoms with E-state index in [1.165, 1.54) is 10.7 Å². The van der Waals surface area contributed by atoms with E-state index < -0.39 is 5.91 Å². The van der Waals surface area contributed by atoms with Crippen LogP contribution >= 0.6 is 0 Å². The summed E-state index contributed by atoms with van der Waals surface area (Å²) < 4.78 is 6.61. The second-order valence-electron chi connectivity index (χ2n) is 6.14. The number of amides is 2. The zero-order chi connectivity index (χ0) is 19.4. The first-order valence-corrected chi connectivity index (χ1v) is 8.57. The normalized spacial score (nSPS) is 12.1. The molecule has 0 saturated heterocycles. The van der Waals surface area contributed by atoms with Gasteiger partial charge in [0, 0.05) is 30.6 Å². The Balaban J connectivity index is 1.80. The van der Waals surface area contributed by atoms with E-state index in [0.717, 1.165) is 17.5 Å². The van der Waals surface area contributed by atoms with Crippen molar-refractivity contribution in [3.63, 3.8) is 0 Å². The molecule has 0 bridgehead atoms. The first kappa shape index (κ1) is 18.5. The van der Waals surface area contributed by atoms with Crippen molar-refractivity contribution >= 4 is 17.5 Å². The van der Waals surface area contributed by atoms with Crippen LogP contribution in [0, 0.1) is 0 Å². The van der Waals surface area contributed by atoms with Crippen LogP contribution in [-0.4, -0.2) is 46.2 Å². The van der Waals surface area contributed by atoms with Gasteiger partial charge >= 0.3 is 0 Å². The fourth-order valence-electron chi connectivity index (χ4n) is 2.74. The summed E-state index contributed by atoms with van der Waals surface area (Å²) in [6.07, 6.45) is 5.59. The van der Waals surface area contributed by atoms with Crippen molar-refractivity contribution < 1.29 is 14.3 Å². The molecule has 3 N–H and O–H groups in total. The third-order valence-corrected chi connectivity index (χ3v) is 4.30. The van der Waals surface area contributed by atoms with E-state index in [1.54, 1.807) is 31.6 Å². The van der Waals surface area contributed by atoms with Gasteiger partial charge in [0.2, 0.25) is 0 Å². The molecule has 0 aliphatic carbocycles. The summed E-state index contributed by atoms with van der Waals surface area (Å²) in [5.74, 6) is -0.711. The van der Waals surface area contributed by atoms with Gasteiger partial charge in [-0.1, -0.05) is 19.1 Å². The van der Waals surface area contributed by atoms with Gasteiger partial charge in [0.1, 0.15) is 5.56 Å². The van der Waals surface area contributed by atoms with E-state index in [4.69, 9.17) is 10.5 Å². The lowest BCUT2D eigenvalue weighted by atomic mass is 10.1. The van der Waals surface area contributed by atoms with Crippen molar-refractivity contribution in [2.75, 3.05) is 13.7 Å². The van der Waals surface area contributed by atoms with E-state index in [1.807, 2.05) is 19.1 Å². The lowest BCUT2D eigenvalue weighted by Crippen LogP contribution is -2.37. The van der Waals surface area contributed by atoms with Crippen LogP contribution in [0.25, 0.3) is 16.8 Å². The number of methoxy groups -OCH3 is 1. The van der Waals surface area contributed by atoms with Crippen molar-refractivity contribution in [2.45, 2.75) is 19.4 Å². The maximum absolute atomic E-state index is 12.3. The lowest BCUT2D eigenvalue weighted by Gasteiger charge is -2.16. The number of nitrogens with zero attached hydrogens (tertiary/aromatic N) is 3. The zero-order valence-electron chi connectivity index (χ0n) is 15.2. The van der Waals surface area contributed by atoms with Crippen molar-refractivity contribution in [3.05, 3.63) is 54.0 Å². The van der Waals surface area contributed by atoms with Crippen molar-refractivity contribution in [1.29, 1.82) is 0 Å². The predicted octanol–water partition coefficient (Wildman–Crippen LogP) is 1.65. The summed E-state index contributed by atoms with van der Waals surface area (Å²) >= 11 is 0. The molecule has 2 heterocycles. The number of aromatic nitrogens is 3.